The lowest BCUT2D eigenvalue weighted by Crippen LogP contribution is -2.18. The maximum Gasteiger partial charge on any atom is 0.284 e. The zero-order valence-electron chi connectivity index (χ0n) is 7.82. The van der Waals surface area contributed by atoms with Gasteiger partial charge in [-0.1, -0.05) is 0 Å². The second-order valence-electron chi connectivity index (χ2n) is 3.71. The highest BCUT2D eigenvalue weighted by Gasteiger charge is 2.54. The molecular weight excluding hydrogens is 173 g/mol. The van der Waals surface area contributed by atoms with Crippen molar-refractivity contribution in [3.63, 3.8) is 0 Å². The zero-order chi connectivity index (χ0) is 8.93. The van der Waals surface area contributed by atoms with Crippen molar-refractivity contribution in [3.05, 3.63) is 0 Å². The molecule has 4 unspecified atom stereocenters. The summed E-state index contributed by atoms with van der Waals surface area (Å²) in [6, 6.07) is 0.993. The summed E-state index contributed by atoms with van der Waals surface area (Å²) in [4.78, 5) is 0. The predicted molar refractivity (Wildman–Crippen MR) is 49.0 cm³/mol. The topological polar surface area (TPSA) is 35.1 Å². The van der Waals surface area contributed by atoms with Crippen LogP contribution in [0.2, 0.25) is 0 Å². The van der Waals surface area contributed by atoms with Gasteiger partial charge in [-0.3, -0.25) is 4.57 Å². The van der Waals surface area contributed by atoms with Gasteiger partial charge in [-0.15, -0.1) is 0 Å². The van der Waals surface area contributed by atoms with Gasteiger partial charge in [0.25, 0.3) is 7.59 Å². The fraction of sp³-hybridized carbons (Fsp3) is 1.00. The second-order valence-corrected chi connectivity index (χ2v) is 6.27. The summed E-state index contributed by atoms with van der Waals surface area (Å²) in [5.74, 6) is 0. The van der Waals surface area contributed by atoms with Gasteiger partial charge in [0, 0.05) is 25.2 Å². The molecule has 0 spiro atoms. The number of hydrogen-bond donors (Lipinski definition) is 1. The summed E-state index contributed by atoms with van der Waals surface area (Å²) in [6.45, 7) is 6.17. The first-order valence-corrected chi connectivity index (χ1v) is 6.04. The van der Waals surface area contributed by atoms with Gasteiger partial charge in [-0.2, -0.15) is 0 Å². The van der Waals surface area contributed by atoms with E-state index < -0.39 is 7.59 Å². The van der Waals surface area contributed by atoms with E-state index in [1.807, 2.05) is 0 Å². The maximum atomic E-state index is 12.3. The van der Waals surface area contributed by atoms with Crippen LogP contribution in [0, 0.1) is 0 Å². The SMILES string of the molecule is CNP(=O)(N1CC1C)N1CC1C. The largest absolute Gasteiger partial charge is 0.284 e. The smallest absolute Gasteiger partial charge is 0.270 e. The van der Waals surface area contributed by atoms with Crippen molar-refractivity contribution in [2.24, 2.45) is 0 Å². The lowest BCUT2D eigenvalue weighted by Gasteiger charge is -2.19. The molecule has 0 aromatic rings. The first-order valence-electron chi connectivity index (χ1n) is 4.43. The molecule has 4 atom stereocenters. The molecule has 0 saturated carbocycles. The summed E-state index contributed by atoms with van der Waals surface area (Å²) >= 11 is 0. The lowest BCUT2D eigenvalue weighted by molar-refractivity contribution is 0.495. The molecule has 0 bridgehead atoms. The van der Waals surface area contributed by atoms with E-state index in [0.29, 0.717) is 12.1 Å². The molecule has 1 N–H and O–H groups in total. The summed E-state index contributed by atoms with van der Waals surface area (Å²) in [5, 5.41) is 2.97. The van der Waals surface area contributed by atoms with Crippen molar-refractivity contribution < 1.29 is 4.57 Å². The van der Waals surface area contributed by atoms with Crippen LogP contribution in [0.5, 0.6) is 0 Å². The molecule has 0 radical (unpaired) electrons. The molecule has 4 nitrogen and oxygen atoms in total. The Morgan fingerprint density at radius 1 is 1.25 bits per heavy atom. The minimum atomic E-state index is -2.32. The normalized spacial score (nSPS) is 49.9. The van der Waals surface area contributed by atoms with Gasteiger partial charge in [0.1, 0.15) is 0 Å². The predicted octanol–water partition coefficient (Wildman–Crippen LogP) is 0.722. The van der Waals surface area contributed by atoms with Crippen LogP contribution in [0.25, 0.3) is 0 Å². The molecule has 0 aromatic heterocycles. The van der Waals surface area contributed by atoms with Crippen LogP contribution in [0.15, 0.2) is 0 Å². The Labute approximate surface area is 73.4 Å². The summed E-state index contributed by atoms with van der Waals surface area (Å²) in [5.41, 5.74) is 0. The molecule has 0 amide bonds. The van der Waals surface area contributed by atoms with E-state index in [9.17, 15) is 4.57 Å². The molecule has 0 aromatic carbocycles. The number of nitrogens with zero attached hydrogens (tertiary/aromatic N) is 2. The van der Waals surface area contributed by atoms with Crippen molar-refractivity contribution in [3.8, 4) is 0 Å². The highest BCUT2D eigenvalue weighted by atomic mass is 31.2. The first kappa shape index (κ1) is 8.70. The number of rotatable bonds is 3. The van der Waals surface area contributed by atoms with Crippen molar-refractivity contribution in [2.75, 3.05) is 20.1 Å². The minimum Gasteiger partial charge on any atom is -0.270 e. The van der Waals surface area contributed by atoms with Crippen molar-refractivity contribution in [1.82, 2.24) is 14.4 Å². The van der Waals surface area contributed by atoms with E-state index in [4.69, 9.17) is 0 Å². The van der Waals surface area contributed by atoms with Crippen molar-refractivity contribution >= 4 is 7.59 Å². The third-order valence-corrected chi connectivity index (χ3v) is 5.73. The van der Waals surface area contributed by atoms with E-state index in [1.165, 1.54) is 0 Å². The van der Waals surface area contributed by atoms with Gasteiger partial charge in [-0.05, 0) is 20.9 Å². The molecule has 70 valence electrons. The van der Waals surface area contributed by atoms with Crippen molar-refractivity contribution in [2.45, 2.75) is 25.9 Å². The zero-order valence-corrected chi connectivity index (χ0v) is 8.71. The molecule has 2 aliphatic heterocycles. The Hall–Kier alpha value is 0.110. The van der Waals surface area contributed by atoms with Gasteiger partial charge < -0.3 is 0 Å². The monoisotopic (exact) mass is 189 g/mol. The van der Waals surface area contributed by atoms with Crippen LogP contribution < -0.4 is 5.09 Å². The molecule has 12 heavy (non-hydrogen) atoms. The van der Waals surface area contributed by atoms with Crippen LogP contribution in [-0.2, 0) is 4.57 Å². The standard InChI is InChI=1S/C7H16N3OP/c1-6-4-9(6)12(11,8-3)10-5-7(10)2/h6-7H,4-5H2,1-3H3,(H,8,11). The maximum absolute atomic E-state index is 12.3. The lowest BCUT2D eigenvalue weighted by atomic mass is 10.6. The van der Waals surface area contributed by atoms with Crippen LogP contribution in [0.4, 0.5) is 0 Å². The Kier molecular flexibility index (Phi) is 1.85. The molecule has 5 heteroatoms. The van der Waals surface area contributed by atoms with E-state index in [0.717, 1.165) is 13.1 Å². The quantitative estimate of drug-likeness (QED) is 0.524. The summed E-state index contributed by atoms with van der Waals surface area (Å²) in [7, 11) is -0.529. The molecule has 0 aliphatic carbocycles. The average Bonchev–Trinajstić information content (AvgIpc) is 2.89. The highest BCUT2D eigenvalue weighted by molar-refractivity contribution is 7.57. The Morgan fingerprint density at radius 2 is 1.58 bits per heavy atom. The van der Waals surface area contributed by atoms with Gasteiger partial charge in [0.05, 0.1) is 0 Å². The van der Waals surface area contributed by atoms with Crippen LogP contribution >= 0.6 is 7.59 Å². The molecule has 2 saturated heterocycles. The molecule has 2 aliphatic rings. The average molecular weight is 189 g/mol. The van der Waals surface area contributed by atoms with Gasteiger partial charge in [-0.25, -0.2) is 14.4 Å². The van der Waals surface area contributed by atoms with Crippen molar-refractivity contribution in [1.29, 1.82) is 0 Å². The number of nitrogens with one attached hydrogen (secondary N) is 1. The molecule has 2 rings (SSSR count). The van der Waals surface area contributed by atoms with E-state index in [2.05, 4.69) is 28.3 Å². The summed E-state index contributed by atoms with van der Waals surface area (Å²) in [6.07, 6.45) is 0. The van der Waals surface area contributed by atoms with Crippen LogP contribution in [0.3, 0.4) is 0 Å². The fourth-order valence-electron chi connectivity index (χ4n) is 1.61. The number of hydrogen-bond acceptors (Lipinski definition) is 1. The van der Waals surface area contributed by atoms with Gasteiger partial charge in [0.15, 0.2) is 0 Å². The van der Waals surface area contributed by atoms with Gasteiger partial charge >= 0.3 is 0 Å². The molecule has 2 heterocycles. The van der Waals surface area contributed by atoms with Crippen LogP contribution in [0.1, 0.15) is 13.8 Å². The van der Waals surface area contributed by atoms with E-state index in [1.54, 1.807) is 7.05 Å². The first-order chi connectivity index (χ1) is 5.59. The van der Waals surface area contributed by atoms with Crippen LogP contribution in [-0.4, -0.2) is 41.6 Å². The second kappa shape index (κ2) is 2.55. The van der Waals surface area contributed by atoms with Gasteiger partial charge in [0.2, 0.25) is 0 Å². The Morgan fingerprint density at radius 3 is 1.75 bits per heavy atom. The highest BCUT2D eigenvalue weighted by Crippen LogP contribution is 2.60. The van der Waals surface area contributed by atoms with E-state index >= 15 is 0 Å². The third-order valence-electron chi connectivity index (χ3n) is 2.64. The fourth-order valence-corrected chi connectivity index (χ4v) is 4.40. The minimum absolute atomic E-state index is 0.496. The Bertz CT molecular complexity index is 225. The van der Waals surface area contributed by atoms with E-state index in [-0.39, 0.29) is 0 Å². The third kappa shape index (κ3) is 1.14. The summed E-state index contributed by atoms with van der Waals surface area (Å²) < 4.78 is 16.4. The Balaban J connectivity index is 2.09. The molecular formula is C7H16N3OP. The molecule has 2 fully saturated rings.